The molecule has 33 heavy (non-hydrogen) atoms. The largest absolute Gasteiger partial charge is 0.497 e. The summed E-state index contributed by atoms with van der Waals surface area (Å²) in [5.74, 6) is 1.11. The molecule has 4 aromatic rings. The lowest BCUT2D eigenvalue weighted by Gasteiger charge is -2.18. The van der Waals surface area contributed by atoms with Crippen molar-refractivity contribution in [3.05, 3.63) is 95.1 Å². The number of ether oxygens (including phenoxy) is 1. The molecule has 1 aromatic heterocycles. The maximum absolute atomic E-state index is 13.9. The molecule has 1 amide bonds. The van der Waals surface area contributed by atoms with E-state index in [1.54, 1.807) is 7.11 Å². The normalized spacial score (nSPS) is 20.3. The number of aromatic amines is 1. The van der Waals surface area contributed by atoms with Crippen molar-refractivity contribution in [3.63, 3.8) is 0 Å². The molecule has 5 nitrogen and oxygen atoms in total. The van der Waals surface area contributed by atoms with Crippen molar-refractivity contribution in [2.75, 3.05) is 12.4 Å². The first-order valence-corrected chi connectivity index (χ1v) is 11.4. The van der Waals surface area contributed by atoms with E-state index in [2.05, 4.69) is 58.9 Å². The number of H-pyrrole nitrogens is 1. The van der Waals surface area contributed by atoms with Crippen molar-refractivity contribution in [3.8, 4) is 5.75 Å². The van der Waals surface area contributed by atoms with Gasteiger partial charge in [0.2, 0.25) is 0 Å². The van der Waals surface area contributed by atoms with Crippen LogP contribution in [0.2, 0.25) is 0 Å². The molecule has 0 saturated carbocycles. The fourth-order valence-electron chi connectivity index (χ4n) is 5.76. The lowest BCUT2D eigenvalue weighted by Crippen LogP contribution is -2.24. The van der Waals surface area contributed by atoms with Gasteiger partial charge in [-0.3, -0.25) is 4.79 Å². The predicted molar refractivity (Wildman–Crippen MR) is 131 cm³/mol. The molecule has 0 saturated heterocycles. The van der Waals surface area contributed by atoms with E-state index in [0.29, 0.717) is 13.1 Å². The van der Waals surface area contributed by atoms with Crippen LogP contribution in [0.25, 0.3) is 21.8 Å². The summed E-state index contributed by atoms with van der Waals surface area (Å²) >= 11 is 0. The molecule has 2 aliphatic heterocycles. The third-order valence-electron chi connectivity index (χ3n) is 7.26. The van der Waals surface area contributed by atoms with Crippen molar-refractivity contribution in [1.82, 2.24) is 9.88 Å². The number of amides is 1. The number of carbonyl (C=O) groups excluding carboxylic acids is 1. The molecule has 3 heterocycles. The molecule has 1 aliphatic carbocycles. The number of para-hydroxylation sites is 1. The highest BCUT2D eigenvalue weighted by atomic mass is 16.5. The number of nitrogens with zero attached hydrogens (tertiary/aromatic N) is 1. The topological polar surface area (TPSA) is 57.4 Å². The van der Waals surface area contributed by atoms with Crippen molar-refractivity contribution >= 4 is 33.4 Å². The Morgan fingerprint density at radius 2 is 1.88 bits per heavy atom. The second-order valence-corrected chi connectivity index (χ2v) is 9.04. The highest BCUT2D eigenvalue weighted by Gasteiger charge is 2.42. The first-order chi connectivity index (χ1) is 16.2. The molecule has 2 atom stereocenters. The van der Waals surface area contributed by atoms with Crippen LogP contribution in [0.3, 0.4) is 0 Å². The van der Waals surface area contributed by atoms with Gasteiger partial charge in [-0.15, -0.1) is 0 Å². The van der Waals surface area contributed by atoms with Crippen molar-refractivity contribution < 1.29 is 9.53 Å². The summed E-state index contributed by atoms with van der Waals surface area (Å²) < 4.78 is 5.29. The van der Waals surface area contributed by atoms with Crippen molar-refractivity contribution in [2.24, 2.45) is 0 Å². The first kappa shape index (κ1) is 18.6. The van der Waals surface area contributed by atoms with Gasteiger partial charge in [0.15, 0.2) is 0 Å². The minimum absolute atomic E-state index is 0.120. The second kappa shape index (κ2) is 6.75. The number of hydrogen-bond donors (Lipinski definition) is 2. The number of anilines is 1. The number of benzene rings is 3. The SMILES string of the molecule is COc1ccc(CN2Cc3c(c4c(c5[nH]c6ccccc6c35)NC3C=CC=CC43)C2=O)cc1. The number of rotatable bonds is 3. The summed E-state index contributed by atoms with van der Waals surface area (Å²) in [4.78, 5) is 19.5. The van der Waals surface area contributed by atoms with Gasteiger partial charge >= 0.3 is 0 Å². The number of aromatic nitrogens is 1. The van der Waals surface area contributed by atoms with Crippen molar-refractivity contribution in [2.45, 2.75) is 25.0 Å². The molecule has 2 N–H and O–H groups in total. The lowest BCUT2D eigenvalue weighted by atomic mass is 9.86. The van der Waals surface area contributed by atoms with Crippen LogP contribution in [0, 0.1) is 0 Å². The van der Waals surface area contributed by atoms with Gasteiger partial charge in [0.25, 0.3) is 5.91 Å². The van der Waals surface area contributed by atoms with Crippen LogP contribution in [0.4, 0.5) is 5.69 Å². The van der Waals surface area contributed by atoms with Crippen LogP contribution in [0.5, 0.6) is 5.75 Å². The molecule has 5 heteroatoms. The van der Waals surface area contributed by atoms with Crippen LogP contribution in [0.1, 0.15) is 33.0 Å². The smallest absolute Gasteiger partial charge is 0.255 e. The van der Waals surface area contributed by atoms with Crippen LogP contribution < -0.4 is 10.1 Å². The van der Waals surface area contributed by atoms with Crippen LogP contribution >= 0.6 is 0 Å². The van der Waals surface area contributed by atoms with E-state index in [4.69, 9.17) is 4.74 Å². The Balaban J connectivity index is 1.42. The maximum atomic E-state index is 13.9. The average Bonchev–Trinajstić information content (AvgIpc) is 3.51. The standard InChI is InChI=1S/C28H23N3O2/c1-33-17-12-10-16(11-13-17)14-31-15-20-23-18-6-2-4-8-21(18)29-26(23)27-24(25(20)28(31)32)19-7-3-5-9-22(19)30-27/h2-13,19,22,29-30H,14-15H2,1H3. The Morgan fingerprint density at radius 3 is 2.73 bits per heavy atom. The molecule has 3 aromatic carbocycles. The highest BCUT2D eigenvalue weighted by molar-refractivity contribution is 6.19. The average molecular weight is 434 g/mol. The summed E-state index contributed by atoms with van der Waals surface area (Å²) in [6, 6.07) is 16.5. The fraction of sp³-hybridized carbons (Fsp3) is 0.179. The van der Waals surface area contributed by atoms with E-state index >= 15 is 0 Å². The summed E-state index contributed by atoms with van der Waals surface area (Å²) in [5.41, 5.74) is 7.55. The van der Waals surface area contributed by atoms with E-state index in [1.807, 2.05) is 29.2 Å². The number of allylic oxidation sites excluding steroid dienone is 2. The summed E-state index contributed by atoms with van der Waals surface area (Å²) in [6.45, 7) is 1.19. The van der Waals surface area contributed by atoms with Crippen molar-refractivity contribution in [1.29, 1.82) is 0 Å². The Kier molecular flexibility index (Phi) is 3.80. The van der Waals surface area contributed by atoms with Crippen LogP contribution in [0.15, 0.2) is 72.8 Å². The molecule has 0 fully saturated rings. The number of methoxy groups -OCH3 is 1. The van der Waals surface area contributed by atoms with Gasteiger partial charge < -0.3 is 19.9 Å². The number of nitrogens with one attached hydrogen (secondary N) is 2. The van der Waals surface area contributed by atoms with Gasteiger partial charge in [-0.1, -0.05) is 54.6 Å². The third-order valence-corrected chi connectivity index (χ3v) is 7.26. The quantitative estimate of drug-likeness (QED) is 0.449. The van der Waals surface area contributed by atoms with Crippen LogP contribution in [-0.2, 0) is 13.1 Å². The summed E-state index contributed by atoms with van der Waals surface area (Å²) in [6.07, 6.45) is 8.59. The van der Waals surface area contributed by atoms with E-state index in [-0.39, 0.29) is 17.9 Å². The van der Waals surface area contributed by atoms with Gasteiger partial charge in [-0.25, -0.2) is 0 Å². The van der Waals surface area contributed by atoms with E-state index in [9.17, 15) is 4.79 Å². The lowest BCUT2D eigenvalue weighted by molar-refractivity contribution is 0.0766. The second-order valence-electron chi connectivity index (χ2n) is 9.04. The minimum atomic E-state index is 0.120. The monoisotopic (exact) mass is 433 g/mol. The maximum Gasteiger partial charge on any atom is 0.255 e. The third kappa shape index (κ3) is 2.56. The van der Waals surface area contributed by atoms with E-state index < -0.39 is 0 Å². The zero-order valence-corrected chi connectivity index (χ0v) is 18.3. The zero-order valence-electron chi connectivity index (χ0n) is 18.3. The Bertz CT molecular complexity index is 1510. The molecule has 3 aliphatic rings. The Hall–Kier alpha value is -3.99. The van der Waals surface area contributed by atoms with Gasteiger partial charge in [0.1, 0.15) is 5.75 Å². The molecule has 2 unspecified atom stereocenters. The zero-order chi connectivity index (χ0) is 22.1. The number of fused-ring (bicyclic) bond motifs is 10. The number of hydrogen-bond acceptors (Lipinski definition) is 3. The van der Waals surface area contributed by atoms with E-state index in [1.165, 1.54) is 10.8 Å². The fourth-order valence-corrected chi connectivity index (χ4v) is 5.76. The van der Waals surface area contributed by atoms with E-state index in [0.717, 1.165) is 44.7 Å². The predicted octanol–water partition coefficient (Wildman–Crippen LogP) is 5.49. The number of carbonyl (C=O) groups is 1. The molecule has 0 bridgehead atoms. The van der Waals surface area contributed by atoms with Gasteiger partial charge in [-0.2, -0.15) is 0 Å². The molecular formula is C28H23N3O2. The molecule has 0 radical (unpaired) electrons. The molecular weight excluding hydrogens is 410 g/mol. The Labute approximate surface area is 191 Å². The summed E-state index contributed by atoms with van der Waals surface area (Å²) in [7, 11) is 1.67. The summed E-state index contributed by atoms with van der Waals surface area (Å²) in [5, 5.41) is 6.06. The van der Waals surface area contributed by atoms with Gasteiger partial charge in [0, 0.05) is 35.3 Å². The van der Waals surface area contributed by atoms with Gasteiger partial charge in [-0.05, 0) is 34.9 Å². The van der Waals surface area contributed by atoms with Crippen LogP contribution in [-0.4, -0.2) is 28.9 Å². The highest BCUT2D eigenvalue weighted by Crippen LogP contribution is 2.50. The molecule has 162 valence electrons. The minimum Gasteiger partial charge on any atom is -0.497 e. The van der Waals surface area contributed by atoms with Gasteiger partial charge in [0.05, 0.1) is 29.9 Å². The molecule has 7 rings (SSSR count). The first-order valence-electron chi connectivity index (χ1n) is 11.4. The molecule has 0 spiro atoms. The Morgan fingerprint density at radius 1 is 1.06 bits per heavy atom.